The highest BCUT2D eigenvalue weighted by atomic mass is 79.9. The SMILES string of the molecule is CC(C)C(NC(=O)c1ccccc1Br)C(=O)NCCCc1nc2ccccc2[nH]1. The zero-order valence-corrected chi connectivity index (χ0v) is 18.1. The van der Waals surface area contributed by atoms with Gasteiger partial charge in [-0.2, -0.15) is 0 Å². The summed E-state index contributed by atoms with van der Waals surface area (Å²) in [6.07, 6.45) is 1.50. The number of hydrogen-bond acceptors (Lipinski definition) is 3. The smallest absolute Gasteiger partial charge is 0.253 e. The summed E-state index contributed by atoms with van der Waals surface area (Å²) in [6.45, 7) is 4.35. The fourth-order valence-corrected chi connectivity index (χ4v) is 3.57. The Morgan fingerprint density at radius 2 is 1.83 bits per heavy atom. The van der Waals surface area contributed by atoms with Crippen LogP contribution in [0.4, 0.5) is 0 Å². The number of rotatable bonds is 8. The van der Waals surface area contributed by atoms with Gasteiger partial charge in [0.15, 0.2) is 0 Å². The molecule has 0 saturated carbocycles. The Morgan fingerprint density at radius 3 is 2.55 bits per heavy atom. The van der Waals surface area contributed by atoms with Gasteiger partial charge in [-0.15, -0.1) is 0 Å². The Morgan fingerprint density at radius 1 is 1.10 bits per heavy atom. The number of halogens is 1. The molecule has 0 bridgehead atoms. The zero-order chi connectivity index (χ0) is 20.8. The maximum Gasteiger partial charge on any atom is 0.253 e. The van der Waals surface area contributed by atoms with Crippen LogP contribution in [0.25, 0.3) is 11.0 Å². The predicted molar refractivity (Wildman–Crippen MR) is 118 cm³/mol. The van der Waals surface area contributed by atoms with Crippen LogP contribution in [0, 0.1) is 5.92 Å². The molecule has 2 amide bonds. The Labute approximate surface area is 178 Å². The number of aryl methyl sites for hydroxylation is 1. The summed E-state index contributed by atoms with van der Waals surface area (Å²) >= 11 is 3.38. The van der Waals surface area contributed by atoms with Gasteiger partial charge in [0.2, 0.25) is 5.91 Å². The van der Waals surface area contributed by atoms with Crippen LogP contribution in [-0.4, -0.2) is 34.4 Å². The van der Waals surface area contributed by atoms with E-state index in [-0.39, 0.29) is 17.7 Å². The van der Waals surface area contributed by atoms with E-state index in [1.54, 1.807) is 18.2 Å². The normalized spacial score (nSPS) is 12.1. The molecule has 1 atom stereocenters. The van der Waals surface area contributed by atoms with Crippen molar-refractivity contribution in [2.45, 2.75) is 32.7 Å². The molecule has 0 aliphatic heterocycles. The second-order valence-electron chi connectivity index (χ2n) is 7.27. The van der Waals surface area contributed by atoms with Crippen molar-refractivity contribution in [3.05, 3.63) is 64.4 Å². The molecule has 1 heterocycles. The molecule has 6 nitrogen and oxygen atoms in total. The number of imidazole rings is 1. The number of carbonyl (C=O) groups excluding carboxylic acids is 2. The number of amides is 2. The zero-order valence-electron chi connectivity index (χ0n) is 16.5. The number of nitrogens with one attached hydrogen (secondary N) is 3. The lowest BCUT2D eigenvalue weighted by atomic mass is 10.0. The van der Waals surface area contributed by atoms with Gasteiger partial charge in [0.1, 0.15) is 11.9 Å². The maximum atomic E-state index is 12.6. The topological polar surface area (TPSA) is 86.9 Å². The quantitative estimate of drug-likeness (QED) is 0.450. The molecule has 29 heavy (non-hydrogen) atoms. The number of H-pyrrole nitrogens is 1. The summed E-state index contributed by atoms with van der Waals surface area (Å²) in [7, 11) is 0. The highest BCUT2D eigenvalue weighted by Crippen LogP contribution is 2.16. The van der Waals surface area contributed by atoms with Gasteiger partial charge in [0.25, 0.3) is 5.91 Å². The van der Waals surface area contributed by atoms with Gasteiger partial charge in [0.05, 0.1) is 16.6 Å². The number of hydrogen-bond donors (Lipinski definition) is 3. The summed E-state index contributed by atoms with van der Waals surface area (Å²) < 4.78 is 0.700. The van der Waals surface area contributed by atoms with Crippen LogP contribution >= 0.6 is 15.9 Å². The van der Waals surface area contributed by atoms with Crippen molar-refractivity contribution in [3.8, 4) is 0 Å². The summed E-state index contributed by atoms with van der Waals surface area (Å²) in [5.41, 5.74) is 2.47. The number of fused-ring (bicyclic) bond motifs is 1. The Balaban J connectivity index is 1.51. The van der Waals surface area contributed by atoms with Gasteiger partial charge in [-0.05, 0) is 52.5 Å². The molecule has 3 aromatic rings. The van der Waals surface area contributed by atoms with E-state index in [9.17, 15) is 9.59 Å². The molecule has 1 aromatic heterocycles. The van der Waals surface area contributed by atoms with Crippen LogP contribution in [0.1, 0.15) is 36.5 Å². The molecule has 0 spiro atoms. The largest absolute Gasteiger partial charge is 0.354 e. The summed E-state index contributed by atoms with van der Waals surface area (Å²) in [5, 5.41) is 5.78. The second-order valence-corrected chi connectivity index (χ2v) is 8.12. The fourth-order valence-electron chi connectivity index (χ4n) is 3.10. The third-order valence-electron chi connectivity index (χ3n) is 4.68. The van der Waals surface area contributed by atoms with Crippen molar-refractivity contribution >= 4 is 38.8 Å². The van der Waals surface area contributed by atoms with Gasteiger partial charge in [0, 0.05) is 17.4 Å². The molecule has 0 fully saturated rings. The highest BCUT2D eigenvalue weighted by Gasteiger charge is 2.25. The molecule has 7 heteroatoms. The van der Waals surface area contributed by atoms with E-state index in [0.717, 1.165) is 29.7 Å². The van der Waals surface area contributed by atoms with Gasteiger partial charge in [-0.3, -0.25) is 9.59 Å². The minimum absolute atomic E-state index is 0.0307. The highest BCUT2D eigenvalue weighted by molar-refractivity contribution is 9.10. The number of para-hydroxylation sites is 2. The summed E-state index contributed by atoms with van der Waals surface area (Å²) in [6, 6.07) is 14.5. The number of nitrogens with zero attached hydrogens (tertiary/aromatic N) is 1. The molecule has 3 N–H and O–H groups in total. The van der Waals surface area contributed by atoms with E-state index >= 15 is 0 Å². The molecule has 0 aliphatic rings. The van der Waals surface area contributed by atoms with E-state index in [0.29, 0.717) is 16.6 Å². The average Bonchev–Trinajstić information content (AvgIpc) is 3.12. The molecule has 2 aromatic carbocycles. The van der Waals surface area contributed by atoms with Crippen molar-refractivity contribution in [2.75, 3.05) is 6.54 Å². The van der Waals surface area contributed by atoms with Crippen LogP contribution in [0.2, 0.25) is 0 Å². The van der Waals surface area contributed by atoms with Crippen LogP contribution < -0.4 is 10.6 Å². The second kappa shape index (κ2) is 9.69. The Bertz CT molecular complexity index is 966. The Hall–Kier alpha value is -2.67. The van der Waals surface area contributed by atoms with Gasteiger partial charge < -0.3 is 15.6 Å². The molecule has 1 unspecified atom stereocenters. The van der Waals surface area contributed by atoms with Crippen LogP contribution in [0.3, 0.4) is 0 Å². The van der Waals surface area contributed by atoms with E-state index in [2.05, 4.69) is 36.5 Å². The number of benzene rings is 2. The van der Waals surface area contributed by atoms with Gasteiger partial charge in [-0.1, -0.05) is 38.1 Å². The minimum atomic E-state index is -0.596. The predicted octanol–water partition coefficient (Wildman–Crippen LogP) is 3.83. The lowest BCUT2D eigenvalue weighted by molar-refractivity contribution is -0.123. The van der Waals surface area contributed by atoms with E-state index in [1.807, 2.05) is 44.2 Å². The van der Waals surface area contributed by atoms with Crippen LogP contribution in [0.5, 0.6) is 0 Å². The van der Waals surface area contributed by atoms with Gasteiger partial charge >= 0.3 is 0 Å². The molecule has 0 radical (unpaired) electrons. The van der Waals surface area contributed by atoms with Crippen molar-refractivity contribution < 1.29 is 9.59 Å². The minimum Gasteiger partial charge on any atom is -0.354 e. The first kappa shape index (κ1) is 21.0. The number of carbonyl (C=O) groups is 2. The monoisotopic (exact) mass is 456 g/mol. The first-order chi connectivity index (χ1) is 14.0. The lowest BCUT2D eigenvalue weighted by Crippen LogP contribution is -2.50. The van der Waals surface area contributed by atoms with Crippen LogP contribution in [0.15, 0.2) is 53.0 Å². The maximum absolute atomic E-state index is 12.6. The standard InChI is InChI=1S/C22H25BrN4O2/c1-14(2)20(27-21(28)15-8-3-4-9-16(15)23)22(29)24-13-7-12-19-25-17-10-5-6-11-18(17)26-19/h3-6,8-11,14,20H,7,12-13H2,1-2H3,(H,24,29)(H,25,26)(H,27,28). The summed E-state index contributed by atoms with van der Waals surface area (Å²) in [5.74, 6) is 0.429. The molecule has 3 rings (SSSR count). The lowest BCUT2D eigenvalue weighted by Gasteiger charge is -2.22. The van der Waals surface area contributed by atoms with E-state index in [4.69, 9.17) is 0 Å². The Kier molecular flexibility index (Phi) is 7.04. The molecule has 152 valence electrons. The molecular formula is C22H25BrN4O2. The van der Waals surface area contributed by atoms with Gasteiger partial charge in [-0.25, -0.2) is 4.98 Å². The third kappa shape index (κ3) is 5.44. The molecular weight excluding hydrogens is 432 g/mol. The molecule has 0 saturated heterocycles. The fraction of sp³-hybridized carbons (Fsp3) is 0.318. The number of aromatic amines is 1. The van der Waals surface area contributed by atoms with E-state index in [1.165, 1.54) is 0 Å². The average molecular weight is 457 g/mol. The van der Waals surface area contributed by atoms with E-state index < -0.39 is 6.04 Å². The number of aromatic nitrogens is 2. The first-order valence-corrected chi connectivity index (χ1v) is 10.5. The summed E-state index contributed by atoms with van der Waals surface area (Å²) in [4.78, 5) is 33.0. The van der Waals surface area contributed by atoms with Crippen LogP contribution in [-0.2, 0) is 11.2 Å². The van der Waals surface area contributed by atoms with Crippen molar-refractivity contribution in [3.63, 3.8) is 0 Å². The molecule has 0 aliphatic carbocycles. The van der Waals surface area contributed by atoms with Crippen molar-refractivity contribution in [1.82, 2.24) is 20.6 Å². The third-order valence-corrected chi connectivity index (χ3v) is 5.37. The van der Waals surface area contributed by atoms with Crippen molar-refractivity contribution in [1.29, 1.82) is 0 Å². The van der Waals surface area contributed by atoms with Crippen molar-refractivity contribution in [2.24, 2.45) is 5.92 Å². The first-order valence-electron chi connectivity index (χ1n) is 9.72.